The molecular formula is C15H22O3. The van der Waals surface area contributed by atoms with Gasteiger partial charge in [-0.05, 0) is 67.1 Å². The minimum Gasteiger partial charge on any atom is -0.469 e. The van der Waals surface area contributed by atoms with Crippen molar-refractivity contribution in [1.82, 2.24) is 0 Å². The maximum atomic E-state index is 11.9. The molecule has 0 heterocycles. The van der Waals surface area contributed by atoms with E-state index in [9.17, 15) is 9.90 Å². The van der Waals surface area contributed by atoms with E-state index in [0.29, 0.717) is 18.4 Å². The third-order valence-electron chi connectivity index (χ3n) is 6.69. The number of fused-ring (bicyclic) bond motifs is 9. The maximum Gasteiger partial charge on any atom is 0.308 e. The molecule has 0 aliphatic heterocycles. The largest absolute Gasteiger partial charge is 0.469 e. The second-order valence-electron chi connectivity index (χ2n) is 7.02. The maximum absolute atomic E-state index is 11.9. The van der Waals surface area contributed by atoms with Crippen molar-refractivity contribution in [3.63, 3.8) is 0 Å². The van der Waals surface area contributed by atoms with E-state index in [2.05, 4.69) is 0 Å². The zero-order chi connectivity index (χ0) is 12.4. The van der Waals surface area contributed by atoms with Crippen LogP contribution in [0.5, 0.6) is 0 Å². The van der Waals surface area contributed by atoms with Gasteiger partial charge >= 0.3 is 5.97 Å². The molecule has 1 N–H and O–H groups in total. The van der Waals surface area contributed by atoms with Crippen molar-refractivity contribution in [3.8, 4) is 0 Å². The molecule has 4 fully saturated rings. The molecule has 4 aliphatic rings. The van der Waals surface area contributed by atoms with Crippen LogP contribution >= 0.6 is 0 Å². The second kappa shape index (κ2) is 3.72. The van der Waals surface area contributed by atoms with Crippen molar-refractivity contribution in [2.24, 2.45) is 47.3 Å². The number of hydrogen-bond donors (Lipinski definition) is 1. The highest BCUT2D eigenvalue weighted by atomic mass is 16.5. The highest BCUT2D eigenvalue weighted by Crippen LogP contribution is 2.70. The van der Waals surface area contributed by atoms with Crippen LogP contribution in [0.2, 0.25) is 0 Å². The zero-order valence-corrected chi connectivity index (χ0v) is 10.9. The predicted octanol–water partition coefficient (Wildman–Crippen LogP) is 1.70. The fourth-order valence-electron chi connectivity index (χ4n) is 6.37. The van der Waals surface area contributed by atoms with Crippen molar-refractivity contribution in [3.05, 3.63) is 0 Å². The van der Waals surface area contributed by atoms with Gasteiger partial charge in [0, 0.05) is 6.61 Å². The van der Waals surface area contributed by atoms with Crippen LogP contribution in [0.25, 0.3) is 0 Å². The predicted molar refractivity (Wildman–Crippen MR) is 65.5 cm³/mol. The number of esters is 1. The molecule has 0 radical (unpaired) electrons. The van der Waals surface area contributed by atoms with E-state index in [1.165, 1.54) is 26.4 Å². The normalized spacial score (nSPS) is 55.9. The van der Waals surface area contributed by atoms with Crippen LogP contribution in [0, 0.1) is 47.3 Å². The van der Waals surface area contributed by atoms with Gasteiger partial charge in [0.25, 0.3) is 0 Å². The van der Waals surface area contributed by atoms with Gasteiger partial charge in [-0.2, -0.15) is 0 Å². The summed E-state index contributed by atoms with van der Waals surface area (Å²) in [4.78, 5) is 11.9. The van der Waals surface area contributed by atoms with Crippen LogP contribution in [0.4, 0.5) is 0 Å². The third-order valence-corrected chi connectivity index (χ3v) is 6.69. The molecule has 0 aromatic carbocycles. The lowest BCUT2D eigenvalue weighted by Gasteiger charge is -2.40. The Morgan fingerprint density at radius 1 is 1.11 bits per heavy atom. The molecule has 8 unspecified atom stereocenters. The molecule has 100 valence electrons. The summed E-state index contributed by atoms with van der Waals surface area (Å²) in [6.45, 7) is 0.377. The van der Waals surface area contributed by atoms with E-state index in [1.54, 1.807) is 0 Å². The first-order valence-electron chi connectivity index (χ1n) is 7.43. The molecule has 0 spiro atoms. The van der Waals surface area contributed by atoms with Crippen molar-refractivity contribution in [1.29, 1.82) is 0 Å². The Morgan fingerprint density at radius 3 is 2.50 bits per heavy atom. The summed E-state index contributed by atoms with van der Waals surface area (Å²) in [7, 11) is 1.52. The molecule has 4 bridgehead atoms. The first-order valence-corrected chi connectivity index (χ1v) is 7.43. The number of carbonyl (C=O) groups is 1. The number of aliphatic hydroxyl groups is 1. The van der Waals surface area contributed by atoms with Crippen molar-refractivity contribution in [2.75, 3.05) is 13.7 Å². The summed E-state index contributed by atoms with van der Waals surface area (Å²) in [5.74, 6) is 5.28. The Labute approximate surface area is 108 Å². The fraction of sp³-hybridized carbons (Fsp3) is 0.933. The summed E-state index contributed by atoms with van der Waals surface area (Å²) in [5.41, 5.74) is 0. The molecule has 4 saturated carbocycles. The van der Waals surface area contributed by atoms with E-state index in [-0.39, 0.29) is 11.9 Å². The molecule has 18 heavy (non-hydrogen) atoms. The molecule has 3 heteroatoms. The monoisotopic (exact) mass is 250 g/mol. The standard InChI is InChI=1S/C15H22O3/c1-18-15(17)12-5-8-4-11(12)14-7-2-9(6-16)10(3-7)13(8)14/h7-14,16H,2-6H2,1H3. The Kier molecular flexibility index (Phi) is 2.33. The summed E-state index contributed by atoms with van der Waals surface area (Å²) >= 11 is 0. The summed E-state index contributed by atoms with van der Waals surface area (Å²) in [6.07, 6.45) is 4.83. The number of carbonyl (C=O) groups excluding carboxylic acids is 1. The Balaban J connectivity index is 1.59. The molecule has 3 nitrogen and oxygen atoms in total. The van der Waals surface area contributed by atoms with E-state index < -0.39 is 0 Å². The zero-order valence-electron chi connectivity index (χ0n) is 10.9. The topological polar surface area (TPSA) is 46.5 Å². The Morgan fingerprint density at radius 2 is 1.78 bits per heavy atom. The molecule has 4 rings (SSSR count). The third kappa shape index (κ3) is 1.21. The molecule has 4 aliphatic carbocycles. The number of aliphatic hydroxyl groups excluding tert-OH is 1. The Bertz CT molecular complexity index is 380. The van der Waals surface area contributed by atoms with Crippen LogP contribution in [-0.2, 0) is 9.53 Å². The smallest absolute Gasteiger partial charge is 0.308 e. The summed E-state index contributed by atoms with van der Waals surface area (Å²) in [6, 6.07) is 0. The lowest BCUT2D eigenvalue weighted by molar-refractivity contribution is -0.149. The van der Waals surface area contributed by atoms with E-state index in [0.717, 1.165) is 36.0 Å². The van der Waals surface area contributed by atoms with Gasteiger partial charge in [0.2, 0.25) is 0 Å². The van der Waals surface area contributed by atoms with Crippen molar-refractivity contribution in [2.45, 2.75) is 25.7 Å². The SMILES string of the molecule is COC(=O)C1CC2CC1C1C3CC(CO)C(C3)C21. The van der Waals surface area contributed by atoms with Gasteiger partial charge < -0.3 is 9.84 Å². The van der Waals surface area contributed by atoms with Crippen molar-refractivity contribution < 1.29 is 14.6 Å². The fourth-order valence-corrected chi connectivity index (χ4v) is 6.37. The second-order valence-corrected chi connectivity index (χ2v) is 7.02. The number of methoxy groups -OCH3 is 1. The van der Waals surface area contributed by atoms with Crippen LogP contribution in [0.1, 0.15) is 25.7 Å². The lowest BCUT2D eigenvalue weighted by Crippen LogP contribution is -2.39. The van der Waals surface area contributed by atoms with Gasteiger partial charge in [-0.25, -0.2) is 0 Å². The number of hydrogen-bond acceptors (Lipinski definition) is 3. The molecule has 0 aromatic heterocycles. The quantitative estimate of drug-likeness (QED) is 0.599. The number of ether oxygens (including phenoxy) is 1. The van der Waals surface area contributed by atoms with Gasteiger partial charge in [0.05, 0.1) is 13.0 Å². The first kappa shape index (κ1) is 11.3. The highest BCUT2D eigenvalue weighted by molar-refractivity contribution is 5.73. The minimum atomic E-state index is 0.0300. The van der Waals surface area contributed by atoms with Crippen LogP contribution in [0.3, 0.4) is 0 Å². The average molecular weight is 250 g/mol. The summed E-state index contributed by atoms with van der Waals surface area (Å²) < 4.78 is 4.98. The Hall–Kier alpha value is -0.570. The minimum absolute atomic E-state index is 0.0300. The molecular weight excluding hydrogens is 228 g/mol. The first-order chi connectivity index (χ1) is 8.74. The van der Waals surface area contributed by atoms with E-state index in [4.69, 9.17) is 4.74 Å². The van der Waals surface area contributed by atoms with Crippen molar-refractivity contribution >= 4 is 5.97 Å². The van der Waals surface area contributed by atoms with Gasteiger partial charge in [0.1, 0.15) is 0 Å². The number of rotatable bonds is 2. The molecule has 0 aromatic rings. The van der Waals surface area contributed by atoms with Crippen LogP contribution in [-0.4, -0.2) is 24.8 Å². The van der Waals surface area contributed by atoms with Gasteiger partial charge in [-0.3, -0.25) is 4.79 Å². The van der Waals surface area contributed by atoms with Gasteiger partial charge in [-0.15, -0.1) is 0 Å². The van der Waals surface area contributed by atoms with Crippen LogP contribution < -0.4 is 0 Å². The molecule has 0 amide bonds. The van der Waals surface area contributed by atoms with Gasteiger partial charge in [0.15, 0.2) is 0 Å². The highest BCUT2D eigenvalue weighted by Gasteiger charge is 2.65. The molecule has 0 saturated heterocycles. The summed E-state index contributed by atoms with van der Waals surface area (Å²) in [5, 5.41) is 9.48. The van der Waals surface area contributed by atoms with E-state index in [1.807, 2.05) is 0 Å². The lowest BCUT2D eigenvalue weighted by atomic mass is 9.65. The average Bonchev–Trinajstić information content (AvgIpc) is 3.12. The molecule has 8 atom stereocenters. The van der Waals surface area contributed by atoms with Gasteiger partial charge in [-0.1, -0.05) is 0 Å². The van der Waals surface area contributed by atoms with E-state index >= 15 is 0 Å². The van der Waals surface area contributed by atoms with Crippen LogP contribution in [0.15, 0.2) is 0 Å².